The lowest BCUT2D eigenvalue weighted by atomic mass is 10.1. The number of hydrogen-bond donors (Lipinski definition) is 0. The Balaban J connectivity index is 1.42. The molecule has 0 unspecified atom stereocenters. The first-order valence-corrected chi connectivity index (χ1v) is 9.70. The number of amides is 1. The molecule has 5 heterocycles. The summed E-state index contributed by atoms with van der Waals surface area (Å²) in [4.78, 5) is 35.6. The first-order chi connectivity index (χ1) is 12.8. The van der Waals surface area contributed by atoms with E-state index in [1.165, 1.54) is 0 Å². The van der Waals surface area contributed by atoms with Gasteiger partial charge in [-0.3, -0.25) is 4.79 Å². The van der Waals surface area contributed by atoms with Gasteiger partial charge >= 0.3 is 0 Å². The quantitative estimate of drug-likeness (QED) is 0.691. The van der Waals surface area contributed by atoms with Crippen molar-refractivity contribution in [3.63, 3.8) is 0 Å². The lowest BCUT2D eigenvalue weighted by molar-refractivity contribution is -0.133. The second kappa shape index (κ2) is 6.28. The smallest absolute Gasteiger partial charge is 0.245 e. The molecule has 8 heteroatoms. The van der Waals surface area contributed by atoms with Gasteiger partial charge in [0.2, 0.25) is 5.91 Å². The van der Waals surface area contributed by atoms with Crippen LogP contribution in [0.5, 0.6) is 0 Å². The highest BCUT2D eigenvalue weighted by molar-refractivity contribution is 7.16. The van der Waals surface area contributed by atoms with Crippen molar-refractivity contribution in [2.45, 2.75) is 31.8 Å². The van der Waals surface area contributed by atoms with Crippen molar-refractivity contribution in [3.8, 4) is 0 Å². The first-order valence-electron chi connectivity index (χ1n) is 8.82. The number of anilines is 1. The Labute approximate surface area is 154 Å². The van der Waals surface area contributed by atoms with Crippen LogP contribution in [0.3, 0.4) is 0 Å². The van der Waals surface area contributed by atoms with Crippen LogP contribution in [0.1, 0.15) is 24.1 Å². The number of carbonyl (C=O) groups is 1. The third-order valence-electron chi connectivity index (χ3n) is 5.24. The van der Waals surface area contributed by atoms with Crippen LogP contribution in [0, 0.1) is 0 Å². The number of rotatable bonds is 2. The molecular weight excluding hydrogens is 348 g/mol. The number of carbonyl (C=O) groups excluding carboxylic acids is 1. The van der Waals surface area contributed by atoms with Gasteiger partial charge < -0.3 is 9.80 Å². The molecule has 0 saturated carbocycles. The van der Waals surface area contributed by atoms with Crippen LogP contribution in [0.4, 0.5) is 5.82 Å². The van der Waals surface area contributed by atoms with Crippen LogP contribution in [0.25, 0.3) is 10.2 Å². The third-order valence-corrected chi connectivity index (χ3v) is 6.06. The Kier molecular flexibility index (Phi) is 3.77. The summed E-state index contributed by atoms with van der Waals surface area (Å²) in [7, 11) is 0. The second-order valence-corrected chi connectivity index (χ2v) is 7.59. The van der Waals surface area contributed by atoms with Gasteiger partial charge in [-0.25, -0.2) is 19.9 Å². The van der Waals surface area contributed by atoms with E-state index >= 15 is 0 Å². The fourth-order valence-corrected chi connectivity index (χ4v) is 4.66. The molecule has 2 aliphatic rings. The van der Waals surface area contributed by atoms with Gasteiger partial charge in [0.05, 0.1) is 17.6 Å². The molecule has 0 spiro atoms. The summed E-state index contributed by atoms with van der Waals surface area (Å²) in [6.07, 6.45) is 7.70. The van der Waals surface area contributed by atoms with E-state index in [9.17, 15) is 4.79 Å². The molecule has 5 rings (SSSR count). The van der Waals surface area contributed by atoms with Gasteiger partial charge in [-0.2, -0.15) is 0 Å². The number of aromatic nitrogens is 4. The zero-order valence-electron chi connectivity index (χ0n) is 14.2. The van der Waals surface area contributed by atoms with Crippen molar-refractivity contribution in [1.29, 1.82) is 0 Å². The average molecular weight is 366 g/mol. The largest absolute Gasteiger partial charge is 0.344 e. The Morgan fingerprint density at radius 3 is 3.12 bits per heavy atom. The van der Waals surface area contributed by atoms with Gasteiger partial charge in [0, 0.05) is 19.3 Å². The van der Waals surface area contributed by atoms with Crippen LogP contribution in [0.2, 0.25) is 0 Å². The number of fused-ring (bicyclic) bond motifs is 2. The monoisotopic (exact) mass is 366 g/mol. The van der Waals surface area contributed by atoms with Crippen molar-refractivity contribution in [2.24, 2.45) is 0 Å². The molecule has 0 radical (unpaired) electrons. The zero-order chi connectivity index (χ0) is 17.5. The Morgan fingerprint density at radius 1 is 1.19 bits per heavy atom. The summed E-state index contributed by atoms with van der Waals surface area (Å²) in [5.74, 6) is 1.06. The van der Waals surface area contributed by atoms with Crippen LogP contribution in [0.15, 0.2) is 30.3 Å². The molecule has 0 aliphatic carbocycles. The van der Waals surface area contributed by atoms with Crippen LogP contribution < -0.4 is 4.90 Å². The van der Waals surface area contributed by atoms with E-state index in [2.05, 4.69) is 24.8 Å². The number of hydrogen-bond acceptors (Lipinski definition) is 7. The molecule has 1 saturated heterocycles. The molecule has 2 aliphatic heterocycles. The zero-order valence-corrected chi connectivity index (χ0v) is 15.0. The fourth-order valence-electron chi connectivity index (χ4n) is 3.93. The van der Waals surface area contributed by atoms with E-state index in [4.69, 9.17) is 0 Å². The van der Waals surface area contributed by atoms with Crippen LogP contribution in [-0.4, -0.2) is 49.9 Å². The second-order valence-electron chi connectivity index (χ2n) is 6.69. The highest BCUT2D eigenvalue weighted by Crippen LogP contribution is 2.32. The minimum Gasteiger partial charge on any atom is -0.344 e. The number of thiophene rings is 1. The summed E-state index contributed by atoms with van der Waals surface area (Å²) >= 11 is 1.60. The first kappa shape index (κ1) is 15.6. The minimum absolute atomic E-state index is 0.156. The Hall–Kier alpha value is -2.61. The maximum absolute atomic E-state index is 13.3. The molecule has 1 atom stereocenters. The van der Waals surface area contributed by atoms with Crippen molar-refractivity contribution in [1.82, 2.24) is 24.8 Å². The normalized spacial score (nSPS) is 19.8. The van der Waals surface area contributed by atoms with Crippen molar-refractivity contribution >= 4 is 33.3 Å². The van der Waals surface area contributed by atoms with E-state index in [0.717, 1.165) is 59.6 Å². The standard InChI is InChI=1S/C18H18N6OS/c25-18(23-6-3-12-8-19-10-20-14(12)9-23)15-2-1-5-24(15)16-13-4-7-26-17(13)22-11-21-16/h4,7-8,10-11,15H,1-3,5-6,9H2/t15-/m1/s1. The molecule has 0 aromatic carbocycles. The molecule has 1 fully saturated rings. The summed E-state index contributed by atoms with van der Waals surface area (Å²) in [6, 6.07) is 1.89. The molecule has 7 nitrogen and oxygen atoms in total. The van der Waals surface area contributed by atoms with Gasteiger partial charge in [-0.05, 0) is 36.3 Å². The summed E-state index contributed by atoms with van der Waals surface area (Å²) in [6.45, 7) is 2.14. The van der Waals surface area contributed by atoms with Crippen molar-refractivity contribution < 1.29 is 4.79 Å². The molecular formula is C18H18N6OS. The molecule has 1 amide bonds. The Bertz CT molecular complexity index is 973. The third kappa shape index (κ3) is 2.52. The summed E-state index contributed by atoms with van der Waals surface area (Å²) in [5.41, 5.74) is 2.11. The van der Waals surface area contributed by atoms with E-state index in [1.807, 2.05) is 22.5 Å². The van der Waals surface area contributed by atoms with Gasteiger partial charge in [-0.1, -0.05) is 0 Å². The summed E-state index contributed by atoms with van der Waals surface area (Å²) in [5, 5.41) is 3.06. The SMILES string of the molecule is O=C([C@H]1CCCN1c1ncnc2sccc12)N1CCc2cncnc2C1. The van der Waals surface area contributed by atoms with Crippen molar-refractivity contribution in [3.05, 3.63) is 41.6 Å². The van der Waals surface area contributed by atoms with Gasteiger partial charge in [0.15, 0.2) is 0 Å². The topological polar surface area (TPSA) is 75.1 Å². The molecule has 26 heavy (non-hydrogen) atoms. The van der Waals surface area contributed by atoms with Crippen molar-refractivity contribution in [2.75, 3.05) is 18.0 Å². The van der Waals surface area contributed by atoms with E-state index in [0.29, 0.717) is 6.54 Å². The molecule has 132 valence electrons. The predicted molar refractivity (Wildman–Crippen MR) is 98.9 cm³/mol. The molecule has 3 aromatic heterocycles. The fraction of sp³-hybridized carbons (Fsp3) is 0.389. The predicted octanol–water partition coefficient (Wildman–Crippen LogP) is 2.04. The molecule has 3 aromatic rings. The van der Waals surface area contributed by atoms with Gasteiger partial charge in [0.25, 0.3) is 0 Å². The number of nitrogens with zero attached hydrogens (tertiary/aromatic N) is 6. The summed E-state index contributed by atoms with van der Waals surface area (Å²) < 4.78 is 0. The maximum Gasteiger partial charge on any atom is 0.245 e. The molecule has 0 N–H and O–H groups in total. The maximum atomic E-state index is 13.3. The van der Waals surface area contributed by atoms with Gasteiger partial charge in [-0.15, -0.1) is 11.3 Å². The van der Waals surface area contributed by atoms with Gasteiger partial charge in [0.1, 0.15) is 29.3 Å². The lowest BCUT2D eigenvalue weighted by Gasteiger charge is -2.33. The van der Waals surface area contributed by atoms with Crippen LogP contribution in [-0.2, 0) is 17.8 Å². The highest BCUT2D eigenvalue weighted by atomic mass is 32.1. The van der Waals surface area contributed by atoms with E-state index in [-0.39, 0.29) is 11.9 Å². The Morgan fingerprint density at radius 2 is 2.15 bits per heavy atom. The van der Waals surface area contributed by atoms with E-state index < -0.39 is 0 Å². The average Bonchev–Trinajstić information content (AvgIpc) is 3.36. The van der Waals surface area contributed by atoms with E-state index in [1.54, 1.807) is 24.0 Å². The lowest BCUT2D eigenvalue weighted by Crippen LogP contribution is -2.47. The molecule has 0 bridgehead atoms. The minimum atomic E-state index is -0.156. The van der Waals surface area contributed by atoms with Crippen LogP contribution >= 0.6 is 11.3 Å². The highest BCUT2D eigenvalue weighted by Gasteiger charge is 2.36.